The lowest BCUT2D eigenvalue weighted by Gasteiger charge is -2.25. The fourth-order valence-corrected chi connectivity index (χ4v) is 2.61. The zero-order valence-electron chi connectivity index (χ0n) is 14.1. The van der Waals surface area contributed by atoms with Crippen molar-refractivity contribution >= 4 is 17.7 Å². The quantitative estimate of drug-likeness (QED) is 0.544. The monoisotopic (exact) mass is 320 g/mol. The van der Waals surface area contributed by atoms with Gasteiger partial charge < -0.3 is 14.3 Å². The van der Waals surface area contributed by atoms with E-state index in [1.165, 1.54) is 6.92 Å². The molecule has 0 unspecified atom stereocenters. The molecule has 0 radical (unpaired) electrons. The van der Waals surface area contributed by atoms with Gasteiger partial charge in [0.05, 0.1) is 13.2 Å². The first-order valence-electron chi connectivity index (χ1n) is 7.80. The van der Waals surface area contributed by atoms with Gasteiger partial charge in [-0.25, -0.2) is 0 Å². The Hall–Kier alpha value is -2.17. The summed E-state index contributed by atoms with van der Waals surface area (Å²) in [6, 6.07) is 7.40. The normalized spacial score (nSPS) is 11.9. The van der Waals surface area contributed by atoms with Gasteiger partial charge in [-0.2, -0.15) is 0 Å². The average molecular weight is 320 g/mol. The molecule has 0 heterocycles. The van der Waals surface area contributed by atoms with Crippen molar-refractivity contribution in [2.45, 2.75) is 40.0 Å². The van der Waals surface area contributed by atoms with Crippen LogP contribution in [0.15, 0.2) is 24.3 Å². The van der Waals surface area contributed by atoms with E-state index in [1.807, 2.05) is 31.2 Å². The summed E-state index contributed by atoms with van der Waals surface area (Å²) >= 11 is 0. The molecule has 0 saturated carbocycles. The van der Waals surface area contributed by atoms with E-state index in [-0.39, 0.29) is 25.4 Å². The Morgan fingerprint density at radius 1 is 1.00 bits per heavy atom. The van der Waals surface area contributed by atoms with Gasteiger partial charge in [-0.1, -0.05) is 24.3 Å². The number of carbonyl (C=O) groups excluding carboxylic acids is 3. The van der Waals surface area contributed by atoms with Crippen molar-refractivity contribution in [2.75, 3.05) is 13.2 Å². The molecule has 0 aliphatic rings. The minimum absolute atomic E-state index is 0.0765. The third-order valence-electron chi connectivity index (χ3n) is 3.58. The molecule has 1 atom stereocenters. The molecule has 0 amide bonds. The van der Waals surface area contributed by atoms with Crippen molar-refractivity contribution in [1.82, 2.24) is 0 Å². The summed E-state index contributed by atoms with van der Waals surface area (Å²) in [5.74, 6) is -3.13. The van der Waals surface area contributed by atoms with E-state index in [0.717, 1.165) is 11.1 Å². The molecule has 0 N–H and O–H groups in total. The Morgan fingerprint density at radius 2 is 1.52 bits per heavy atom. The molecular weight excluding hydrogens is 296 g/mol. The minimum Gasteiger partial charge on any atom is -0.465 e. The molecule has 23 heavy (non-hydrogen) atoms. The number of ketones is 1. The maximum Gasteiger partial charge on any atom is 0.320 e. The second kappa shape index (κ2) is 9.08. The highest BCUT2D eigenvalue weighted by Gasteiger charge is 2.39. The van der Waals surface area contributed by atoms with Crippen molar-refractivity contribution < 1.29 is 23.9 Å². The summed E-state index contributed by atoms with van der Waals surface area (Å²) in [6.07, 6.45) is 0.0765. The number of aryl methyl sites for hydroxylation is 1. The van der Waals surface area contributed by atoms with Crippen molar-refractivity contribution in [2.24, 2.45) is 5.92 Å². The number of benzene rings is 1. The predicted molar refractivity (Wildman–Crippen MR) is 86.0 cm³/mol. The Labute approximate surface area is 137 Å². The molecular formula is C18H24O5. The topological polar surface area (TPSA) is 69.7 Å². The lowest BCUT2D eigenvalue weighted by molar-refractivity contribution is -0.162. The first kappa shape index (κ1) is 18.9. The number of ether oxygens (including phenoxy) is 2. The van der Waals surface area contributed by atoms with Crippen LogP contribution in [-0.4, -0.2) is 30.9 Å². The molecule has 5 heteroatoms. The number of hydrogen-bond donors (Lipinski definition) is 0. The molecule has 1 aromatic carbocycles. The zero-order chi connectivity index (χ0) is 17.4. The van der Waals surface area contributed by atoms with Gasteiger partial charge >= 0.3 is 11.9 Å². The highest BCUT2D eigenvalue weighted by Crippen LogP contribution is 2.32. The Kier molecular flexibility index (Phi) is 7.45. The van der Waals surface area contributed by atoms with Crippen LogP contribution in [0, 0.1) is 12.8 Å². The minimum atomic E-state index is -1.14. The number of hydrogen-bond acceptors (Lipinski definition) is 5. The van der Waals surface area contributed by atoms with Gasteiger partial charge in [0, 0.05) is 12.3 Å². The predicted octanol–water partition coefficient (Wildman–Crippen LogP) is 2.80. The molecule has 0 saturated heterocycles. The highest BCUT2D eigenvalue weighted by atomic mass is 16.6. The van der Waals surface area contributed by atoms with Crippen LogP contribution in [-0.2, 0) is 23.9 Å². The van der Waals surface area contributed by atoms with Gasteiger partial charge in [0.1, 0.15) is 5.78 Å². The van der Waals surface area contributed by atoms with Gasteiger partial charge in [0.2, 0.25) is 0 Å². The average Bonchev–Trinajstić information content (AvgIpc) is 2.47. The van der Waals surface area contributed by atoms with E-state index in [4.69, 9.17) is 9.47 Å². The standard InChI is InChI=1S/C18H24O5/c1-5-22-17(20)16(18(21)23-6-2)15(11-13(4)19)14-10-8-7-9-12(14)3/h7-10,15-16H,5-6,11H2,1-4H3/t15-/m1/s1. The molecule has 0 fully saturated rings. The van der Waals surface area contributed by atoms with Crippen LogP contribution in [0.1, 0.15) is 44.2 Å². The van der Waals surface area contributed by atoms with Crippen molar-refractivity contribution in [3.05, 3.63) is 35.4 Å². The zero-order valence-corrected chi connectivity index (χ0v) is 14.1. The molecule has 0 aliphatic carbocycles. The molecule has 5 nitrogen and oxygen atoms in total. The molecule has 0 aromatic heterocycles. The van der Waals surface area contributed by atoms with Crippen LogP contribution >= 0.6 is 0 Å². The maximum absolute atomic E-state index is 12.3. The third-order valence-corrected chi connectivity index (χ3v) is 3.58. The van der Waals surface area contributed by atoms with E-state index >= 15 is 0 Å². The molecule has 1 aromatic rings. The molecule has 0 spiro atoms. The maximum atomic E-state index is 12.3. The van der Waals surface area contributed by atoms with Gasteiger partial charge in [0.15, 0.2) is 5.92 Å². The number of esters is 2. The van der Waals surface area contributed by atoms with Crippen LogP contribution < -0.4 is 0 Å². The van der Waals surface area contributed by atoms with Crippen LogP contribution in [0.5, 0.6) is 0 Å². The van der Waals surface area contributed by atoms with E-state index in [1.54, 1.807) is 13.8 Å². The Bertz CT molecular complexity index is 546. The lowest BCUT2D eigenvalue weighted by atomic mass is 9.80. The largest absolute Gasteiger partial charge is 0.465 e. The fraction of sp³-hybridized carbons (Fsp3) is 0.500. The molecule has 0 bridgehead atoms. The summed E-state index contributed by atoms with van der Waals surface area (Å²) in [4.78, 5) is 36.4. The first-order valence-corrected chi connectivity index (χ1v) is 7.80. The second-order valence-electron chi connectivity index (χ2n) is 5.35. The third kappa shape index (κ3) is 5.20. The van der Waals surface area contributed by atoms with Gasteiger partial charge in [-0.05, 0) is 38.8 Å². The SMILES string of the molecule is CCOC(=O)C(C(=O)OCC)[C@H](CC(C)=O)c1ccccc1C. The number of Topliss-reactive ketones (excluding diaryl/α,β-unsaturated/α-hetero) is 1. The fourth-order valence-electron chi connectivity index (χ4n) is 2.61. The summed E-state index contributed by atoms with van der Waals surface area (Å²) in [6.45, 7) is 7.00. The summed E-state index contributed by atoms with van der Waals surface area (Å²) in [5, 5.41) is 0. The van der Waals surface area contributed by atoms with Gasteiger partial charge in [0.25, 0.3) is 0 Å². The highest BCUT2D eigenvalue weighted by molar-refractivity contribution is 5.97. The van der Waals surface area contributed by atoms with E-state index < -0.39 is 23.8 Å². The smallest absolute Gasteiger partial charge is 0.320 e. The Morgan fingerprint density at radius 3 is 1.96 bits per heavy atom. The molecule has 126 valence electrons. The van der Waals surface area contributed by atoms with Crippen molar-refractivity contribution in [3.8, 4) is 0 Å². The molecule has 0 aliphatic heterocycles. The van der Waals surface area contributed by atoms with Gasteiger partial charge in [-0.3, -0.25) is 9.59 Å². The lowest BCUT2D eigenvalue weighted by Crippen LogP contribution is -2.34. The van der Waals surface area contributed by atoms with Crippen LogP contribution in [0.3, 0.4) is 0 Å². The summed E-state index contributed by atoms with van der Waals surface area (Å²) in [5.41, 5.74) is 1.70. The Balaban J connectivity index is 3.31. The van der Waals surface area contributed by atoms with Gasteiger partial charge in [-0.15, -0.1) is 0 Å². The van der Waals surface area contributed by atoms with Crippen molar-refractivity contribution in [3.63, 3.8) is 0 Å². The van der Waals surface area contributed by atoms with Crippen LogP contribution in [0.2, 0.25) is 0 Å². The second-order valence-corrected chi connectivity index (χ2v) is 5.35. The molecule has 1 rings (SSSR count). The number of carbonyl (C=O) groups is 3. The summed E-state index contributed by atoms with van der Waals surface area (Å²) < 4.78 is 10.1. The summed E-state index contributed by atoms with van der Waals surface area (Å²) in [7, 11) is 0. The van der Waals surface area contributed by atoms with Crippen molar-refractivity contribution in [1.29, 1.82) is 0 Å². The van der Waals surface area contributed by atoms with E-state index in [0.29, 0.717) is 0 Å². The van der Waals surface area contributed by atoms with Crippen LogP contribution in [0.25, 0.3) is 0 Å². The first-order chi connectivity index (χ1) is 10.9. The van der Waals surface area contributed by atoms with Crippen LogP contribution in [0.4, 0.5) is 0 Å². The number of rotatable bonds is 8. The van der Waals surface area contributed by atoms with E-state index in [2.05, 4.69) is 0 Å². The van der Waals surface area contributed by atoms with E-state index in [9.17, 15) is 14.4 Å².